The first kappa shape index (κ1) is 18.3. The number of ether oxygens (including phenoxy) is 2. The number of likely N-dealkylation sites (N-methyl/N-ethyl adjacent to an activating group) is 1. The molecule has 6 heteroatoms. The van der Waals surface area contributed by atoms with Gasteiger partial charge in [-0.1, -0.05) is 12.1 Å². The summed E-state index contributed by atoms with van der Waals surface area (Å²) in [4.78, 5) is 16.5. The van der Waals surface area contributed by atoms with Crippen molar-refractivity contribution in [2.75, 3.05) is 27.1 Å². The van der Waals surface area contributed by atoms with Crippen molar-refractivity contribution in [1.29, 1.82) is 0 Å². The summed E-state index contributed by atoms with van der Waals surface area (Å²) in [5.41, 5.74) is 1.99. The number of carbonyl (C=O) groups is 1. The number of fused-ring (bicyclic) bond motifs is 1. The Morgan fingerprint density at radius 2 is 2.15 bits per heavy atom. The molecule has 1 aromatic rings. The van der Waals surface area contributed by atoms with Gasteiger partial charge >= 0.3 is 0 Å². The number of rotatable bonds is 7. The molecular formula is C20H27N3O3. The fourth-order valence-electron chi connectivity index (χ4n) is 2.99. The summed E-state index contributed by atoms with van der Waals surface area (Å²) in [6, 6.07) is 6.33. The number of benzene rings is 1. The Bertz CT molecular complexity index is 714. The van der Waals surface area contributed by atoms with Gasteiger partial charge in [-0.15, -0.1) is 0 Å². The molecule has 2 aliphatic rings. The summed E-state index contributed by atoms with van der Waals surface area (Å²) in [6.07, 6.45) is 7.50. The summed E-state index contributed by atoms with van der Waals surface area (Å²) < 4.78 is 10.8. The molecule has 0 fully saturated rings. The van der Waals surface area contributed by atoms with Crippen LogP contribution in [0.5, 0.6) is 11.5 Å². The maximum atomic E-state index is 12.4. The van der Waals surface area contributed by atoms with Gasteiger partial charge in [0.1, 0.15) is 0 Å². The lowest BCUT2D eigenvalue weighted by Crippen LogP contribution is -2.41. The second-order valence-corrected chi connectivity index (χ2v) is 6.74. The monoisotopic (exact) mass is 357 g/mol. The number of amides is 1. The third-order valence-electron chi connectivity index (χ3n) is 4.82. The largest absolute Gasteiger partial charge is 0.454 e. The molecule has 2 aliphatic heterocycles. The Labute approximate surface area is 155 Å². The van der Waals surface area contributed by atoms with E-state index < -0.39 is 0 Å². The Morgan fingerprint density at radius 3 is 2.96 bits per heavy atom. The summed E-state index contributed by atoms with van der Waals surface area (Å²) in [5.74, 6) is 1.61. The summed E-state index contributed by atoms with van der Waals surface area (Å²) >= 11 is 0. The Kier molecular flexibility index (Phi) is 5.83. The van der Waals surface area contributed by atoms with Crippen molar-refractivity contribution in [2.45, 2.75) is 32.7 Å². The highest BCUT2D eigenvalue weighted by Crippen LogP contribution is 2.32. The maximum Gasteiger partial charge on any atom is 0.249 e. The predicted octanol–water partition coefficient (Wildman–Crippen LogP) is 2.48. The quantitative estimate of drug-likeness (QED) is 0.760. The van der Waals surface area contributed by atoms with Crippen LogP contribution in [0.1, 0.15) is 25.8 Å². The first-order chi connectivity index (χ1) is 12.6. The average Bonchev–Trinajstić information content (AvgIpc) is 3.13. The van der Waals surface area contributed by atoms with E-state index in [4.69, 9.17) is 9.47 Å². The van der Waals surface area contributed by atoms with E-state index in [0.717, 1.165) is 30.0 Å². The SMILES string of the molecule is CCN1C=CCC(C(=O)NCN(C)C(C)Cc2ccc3c(c2)OCO3)=C1. The zero-order valence-corrected chi connectivity index (χ0v) is 15.7. The van der Waals surface area contributed by atoms with Gasteiger partial charge in [-0.05, 0) is 57.6 Å². The Hall–Kier alpha value is -2.47. The molecule has 1 N–H and O–H groups in total. The van der Waals surface area contributed by atoms with Crippen LogP contribution in [-0.4, -0.2) is 48.8 Å². The predicted molar refractivity (Wildman–Crippen MR) is 101 cm³/mol. The molecule has 0 radical (unpaired) electrons. The van der Waals surface area contributed by atoms with Crippen LogP contribution in [0.25, 0.3) is 0 Å². The van der Waals surface area contributed by atoms with Gasteiger partial charge in [0, 0.05) is 24.4 Å². The van der Waals surface area contributed by atoms with Crippen molar-refractivity contribution >= 4 is 5.91 Å². The number of allylic oxidation sites excluding steroid dienone is 1. The van der Waals surface area contributed by atoms with Gasteiger partial charge in [0.15, 0.2) is 11.5 Å². The summed E-state index contributed by atoms with van der Waals surface area (Å²) in [5, 5.41) is 3.02. The van der Waals surface area contributed by atoms with E-state index in [1.165, 1.54) is 5.56 Å². The number of hydrogen-bond donors (Lipinski definition) is 1. The number of carbonyl (C=O) groups excluding carboxylic acids is 1. The fraction of sp³-hybridized carbons (Fsp3) is 0.450. The Balaban J connectivity index is 1.49. The second kappa shape index (κ2) is 8.27. The average molecular weight is 357 g/mol. The molecule has 0 saturated heterocycles. The molecular weight excluding hydrogens is 330 g/mol. The fourth-order valence-corrected chi connectivity index (χ4v) is 2.99. The first-order valence-corrected chi connectivity index (χ1v) is 9.07. The van der Waals surface area contributed by atoms with Crippen LogP contribution in [0.3, 0.4) is 0 Å². The summed E-state index contributed by atoms with van der Waals surface area (Å²) in [7, 11) is 2.02. The molecule has 0 aliphatic carbocycles. The number of hydrogen-bond acceptors (Lipinski definition) is 5. The van der Waals surface area contributed by atoms with E-state index in [-0.39, 0.29) is 11.9 Å². The minimum Gasteiger partial charge on any atom is -0.454 e. The second-order valence-electron chi connectivity index (χ2n) is 6.74. The third kappa shape index (κ3) is 4.38. The van der Waals surface area contributed by atoms with Crippen molar-refractivity contribution in [2.24, 2.45) is 0 Å². The minimum absolute atomic E-state index is 0.00469. The van der Waals surface area contributed by atoms with Gasteiger partial charge in [0.2, 0.25) is 12.7 Å². The van der Waals surface area contributed by atoms with E-state index in [0.29, 0.717) is 19.9 Å². The van der Waals surface area contributed by atoms with Crippen molar-refractivity contribution in [3.63, 3.8) is 0 Å². The van der Waals surface area contributed by atoms with Gasteiger partial charge in [0.05, 0.1) is 6.67 Å². The highest BCUT2D eigenvalue weighted by molar-refractivity contribution is 5.93. The van der Waals surface area contributed by atoms with E-state index in [1.54, 1.807) is 0 Å². The smallest absolute Gasteiger partial charge is 0.249 e. The lowest BCUT2D eigenvalue weighted by atomic mass is 10.1. The molecule has 3 rings (SSSR count). The highest BCUT2D eigenvalue weighted by atomic mass is 16.7. The molecule has 0 saturated carbocycles. The molecule has 1 unspecified atom stereocenters. The van der Waals surface area contributed by atoms with Crippen LogP contribution in [0.15, 0.2) is 42.2 Å². The lowest BCUT2D eigenvalue weighted by Gasteiger charge is -2.26. The standard InChI is InChI=1S/C20H27N3O3/c1-4-23-9-5-6-17(12-23)20(24)21-13-22(3)15(2)10-16-7-8-18-19(11-16)26-14-25-18/h5,7-9,11-12,15H,4,6,10,13-14H2,1-3H3,(H,21,24). The van der Waals surface area contributed by atoms with Crippen molar-refractivity contribution in [3.05, 3.63) is 47.8 Å². The minimum atomic E-state index is -0.00469. The van der Waals surface area contributed by atoms with Crippen LogP contribution in [0.4, 0.5) is 0 Å². The third-order valence-corrected chi connectivity index (χ3v) is 4.82. The van der Waals surface area contributed by atoms with E-state index >= 15 is 0 Å². The van der Waals surface area contributed by atoms with Crippen LogP contribution >= 0.6 is 0 Å². The molecule has 1 amide bonds. The highest BCUT2D eigenvalue weighted by Gasteiger charge is 2.17. The molecule has 26 heavy (non-hydrogen) atoms. The van der Waals surface area contributed by atoms with E-state index in [9.17, 15) is 4.79 Å². The van der Waals surface area contributed by atoms with E-state index in [1.807, 2.05) is 42.6 Å². The zero-order valence-electron chi connectivity index (χ0n) is 15.7. The molecule has 1 atom stereocenters. The molecule has 6 nitrogen and oxygen atoms in total. The van der Waals surface area contributed by atoms with E-state index in [2.05, 4.69) is 30.1 Å². The van der Waals surface area contributed by atoms with Gasteiger partial charge in [-0.25, -0.2) is 0 Å². The molecule has 1 aromatic carbocycles. The molecule has 0 bridgehead atoms. The maximum absolute atomic E-state index is 12.4. The lowest BCUT2D eigenvalue weighted by molar-refractivity contribution is -0.118. The normalized spacial score (nSPS) is 16.6. The first-order valence-electron chi connectivity index (χ1n) is 9.07. The van der Waals surface area contributed by atoms with Crippen LogP contribution < -0.4 is 14.8 Å². The van der Waals surface area contributed by atoms with Crippen LogP contribution in [0.2, 0.25) is 0 Å². The van der Waals surface area contributed by atoms with Gasteiger partial charge in [-0.2, -0.15) is 0 Å². The van der Waals surface area contributed by atoms with Gasteiger partial charge < -0.3 is 19.7 Å². The van der Waals surface area contributed by atoms with Crippen molar-refractivity contribution in [1.82, 2.24) is 15.1 Å². The molecule has 0 spiro atoms. The van der Waals surface area contributed by atoms with Crippen molar-refractivity contribution < 1.29 is 14.3 Å². The number of nitrogens with zero attached hydrogens (tertiary/aromatic N) is 2. The van der Waals surface area contributed by atoms with Gasteiger partial charge in [-0.3, -0.25) is 9.69 Å². The van der Waals surface area contributed by atoms with Crippen LogP contribution in [0, 0.1) is 0 Å². The van der Waals surface area contributed by atoms with Crippen molar-refractivity contribution in [3.8, 4) is 11.5 Å². The summed E-state index contributed by atoms with van der Waals surface area (Å²) in [6.45, 7) is 5.88. The number of nitrogens with one attached hydrogen (secondary N) is 1. The Morgan fingerprint density at radius 1 is 1.35 bits per heavy atom. The van der Waals surface area contributed by atoms with Gasteiger partial charge in [0.25, 0.3) is 0 Å². The molecule has 140 valence electrons. The zero-order chi connectivity index (χ0) is 18.5. The molecule has 2 heterocycles. The topological polar surface area (TPSA) is 54.0 Å². The van der Waals surface area contributed by atoms with Crippen LogP contribution in [-0.2, 0) is 11.2 Å². The molecule has 0 aromatic heterocycles.